The minimum Gasteiger partial charge on any atom is -0.496 e. The lowest BCUT2D eigenvalue weighted by Gasteiger charge is -2.43. The maximum atomic E-state index is 6.06. The highest BCUT2D eigenvalue weighted by molar-refractivity contribution is 7.80. The van der Waals surface area contributed by atoms with Gasteiger partial charge in [0.15, 0.2) is 0 Å². The van der Waals surface area contributed by atoms with Gasteiger partial charge in [-0.25, -0.2) is 0 Å². The molecule has 0 spiro atoms. The van der Waals surface area contributed by atoms with Gasteiger partial charge in [-0.2, -0.15) is 0 Å². The Morgan fingerprint density at radius 3 is 2.76 bits per heavy atom. The molecule has 0 bridgehead atoms. The van der Waals surface area contributed by atoms with Crippen molar-refractivity contribution < 1.29 is 9.47 Å². The van der Waals surface area contributed by atoms with Gasteiger partial charge in [0.25, 0.3) is 0 Å². The van der Waals surface area contributed by atoms with Gasteiger partial charge in [0, 0.05) is 23.7 Å². The van der Waals surface area contributed by atoms with E-state index >= 15 is 0 Å². The summed E-state index contributed by atoms with van der Waals surface area (Å²) in [5.41, 5.74) is 1.25. The van der Waals surface area contributed by atoms with E-state index in [0.717, 1.165) is 23.8 Å². The summed E-state index contributed by atoms with van der Waals surface area (Å²) in [5, 5.41) is 0. The zero-order chi connectivity index (χ0) is 14.7. The van der Waals surface area contributed by atoms with Crippen LogP contribution in [0.2, 0.25) is 0 Å². The zero-order valence-electron chi connectivity index (χ0n) is 12.8. The second kappa shape index (κ2) is 6.93. The first-order chi connectivity index (χ1) is 10.3. The Morgan fingerprint density at radius 2 is 2.05 bits per heavy atom. The molecule has 0 N–H and O–H groups in total. The van der Waals surface area contributed by atoms with Crippen LogP contribution in [0.5, 0.6) is 5.75 Å². The number of benzene rings is 1. The van der Waals surface area contributed by atoms with Gasteiger partial charge in [-0.1, -0.05) is 0 Å². The van der Waals surface area contributed by atoms with Crippen molar-refractivity contribution in [1.29, 1.82) is 0 Å². The second-order valence-electron chi connectivity index (χ2n) is 6.02. The molecule has 2 saturated heterocycles. The van der Waals surface area contributed by atoms with E-state index in [1.54, 1.807) is 7.11 Å². The normalized spacial score (nSPS) is 26.7. The van der Waals surface area contributed by atoms with Gasteiger partial charge in [-0.05, 0) is 56.7 Å². The maximum Gasteiger partial charge on any atom is 0.132 e. The first-order valence-electron chi connectivity index (χ1n) is 8.05. The van der Waals surface area contributed by atoms with Gasteiger partial charge in [0.1, 0.15) is 5.75 Å². The largest absolute Gasteiger partial charge is 0.496 e. The second-order valence-corrected chi connectivity index (χ2v) is 6.50. The fourth-order valence-electron chi connectivity index (χ4n) is 3.59. The van der Waals surface area contributed by atoms with E-state index < -0.39 is 0 Å². The lowest BCUT2D eigenvalue weighted by Crippen LogP contribution is -2.49. The summed E-state index contributed by atoms with van der Waals surface area (Å²) in [7, 11) is 1.69. The molecule has 1 aromatic rings. The van der Waals surface area contributed by atoms with Crippen LogP contribution in [-0.2, 0) is 4.74 Å². The Bertz CT molecular complexity index is 474. The standard InChI is InChI=1S/C17H25NO2S/c1-19-16-9-8-13(12-17(16)21)18-10-4-2-6-14(18)15-7-3-5-11-20-15/h8-9,12,14-15,21H,2-7,10-11H2,1H3/t14?,15-/m1/s1. The van der Waals surface area contributed by atoms with Crippen molar-refractivity contribution in [3.05, 3.63) is 18.2 Å². The molecule has 2 aliphatic heterocycles. The van der Waals surface area contributed by atoms with Gasteiger partial charge in [-0.15, -0.1) is 12.6 Å². The highest BCUT2D eigenvalue weighted by atomic mass is 32.1. The predicted octanol–water partition coefficient (Wildman–Crippen LogP) is 3.91. The molecule has 21 heavy (non-hydrogen) atoms. The molecular formula is C17H25NO2S. The van der Waals surface area contributed by atoms with Gasteiger partial charge in [-0.3, -0.25) is 0 Å². The molecule has 3 rings (SSSR count). The first kappa shape index (κ1) is 15.0. The third-order valence-corrected chi connectivity index (χ3v) is 5.04. The molecule has 0 amide bonds. The summed E-state index contributed by atoms with van der Waals surface area (Å²) in [6, 6.07) is 6.81. The molecule has 0 radical (unpaired) electrons. The maximum absolute atomic E-state index is 6.06. The van der Waals surface area contributed by atoms with Gasteiger partial charge in [0.05, 0.1) is 19.3 Å². The van der Waals surface area contributed by atoms with Crippen LogP contribution in [0, 0.1) is 0 Å². The SMILES string of the molecule is COc1ccc(N2CCCCC2[C@H]2CCCCO2)cc1S. The Balaban J connectivity index is 1.81. The number of hydrogen-bond donors (Lipinski definition) is 1. The summed E-state index contributed by atoms with van der Waals surface area (Å²) in [5.74, 6) is 0.838. The van der Waals surface area contributed by atoms with E-state index in [9.17, 15) is 0 Å². The fourth-order valence-corrected chi connectivity index (χ4v) is 3.89. The van der Waals surface area contributed by atoms with Crippen molar-refractivity contribution in [1.82, 2.24) is 0 Å². The van der Waals surface area contributed by atoms with E-state index in [1.165, 1.54) is 44.2 Å². The van der Waals surface area contributed by atoms with E-state index in [4.69, 9.17) is 9.47 Å². The van der Waals surface area contributed by atoms with Crippen LogP contribution in [0.15, 0.2) is 23.1 Å². The highest BCUT2D eigenvalue weighted by Crippen LogP contribution is 2.34. The van der Waals surface area contributed by atoms with Crippen molar-refractivity contribution in [3.8, 4) is 5.75 Å². The minimum absolute atomic E-state index is 0.393. The van der Waals surface area contributed by atoms with Crippen molar-refractivity contribution in [2.45, 2.75) is 55.6 Å². The number of ether oxygens (including phenoxy) is 2. The quantitative estimate of drug-likeness (QED) is 0.856. The van der Waals surface area contributed by atoms with Crippen LogP contribution in [0.3, 0.4) is 0 Å². The lowest BCUT2D eigenvalue weighted by molar-refractivity contribution is -0.00568. The molecule has 0 aromatic heterocycles. The summed E-state index contributed by atoms with van der Waals surface area (Å²) < 4.78 is 11.4. The summed E-state index contributed by atoms with van der Waals surface area (Å²) in [6.07, 6.45) is 7.91. The van der Waals surface area contributed by atoms with Crippen LogP contribution >= 0.6 is 12.6 Å². The van der Waals surface area contributed by atoms with Crippen molar-refractivity contribution in [2.75, 3.05) is 25.2 Å². The average molecular weight is 307 g/mol. The average Bonchev–Trinajstić information content (AvgIpc) is 2.55. The molecule has 3 nitrogen and oxygen atoms in total. The molecule has 1 aromatic carbocycles. The number of methoxy groups -OCH3 is 1. The minimum atomic E-state index is 0.393. The Hall–Kier alpha value is -0.870. The third kappa shape index (κ3) is 3.32. The van der Waals surface area contributed by atoms with E-state index in [1.807, 2.05) is 6.07 Å². The molecule has 2 aliphatic rings. The first-order valence-corrected chi connectivity index (χ1v) is 8.49. The zero-order valence-corrected chi connectivity index (χ0v) is 13.6. The molecule has 2 heterocycles. The number of anilines is 1. The topological polar surface area (TPSA) is 21.7 Å². The van der Waals surface area contributed by atoms with Crippen LogP contribution < -0.4 is 9.64 Å². The third-order valence-electron chi connectivity index (χ3n) is 4.69. The molecule has 0 saturated carbocycles. The molecular weight excluding hydrogens is 282 g/mol. The molecule has 116 valence electrons. The van der Waals surface area contributed by atoms with Crippen LogP contribution in [0.1, 0.15) is 38.5 Å². The molecule has 1 unspecified atom stereocenters. The number of nitrogens with zero attached hydrogens (tertiary/aromatic N) is 1. The lowest BCUT2D eigenvalue weighted by atomic mass is 9.92. The summed E-state index contributed by atoms with van der Waals surface area (Å²) >= 11 is 4.54. The smallest absolute Gasteiger partial charge is 0.132 e. The number of hydrogen-bond acceptors (Lipinski definition) is 4. The van der Waals surface area contributed by atoms with Crippen LogP contribution in [0.4, 0.5) is 5.69 Å². The Morgan fingerprint density at radius 1 is 1.19 bits per heavy atom. The summed E-state index contributed by atoms with van der Waals surface area (Å²) in [4.78, 5) is 3.43. The number of piperidine rings is 1. The molecule has 2 fully saturated rings. The van der Waals surface area contributed by atoms with Crippen LogP contribution in [0.25, 0.3) is 0 Å². The number of thiol groups is 1. The molecule has 0 aliphatic carbocycles. The van der Waals surface area contributed by atoms with E-state index in [2.05, 4.69) is 29.7 Å². The number of rotatable bonds is 3. The van der Waals surface area contributed by atoms with Gasteiger partial charge in [0.2, 0.25) is 0 Å². The Labute approximate surface area is 133 Å². The van der Waals surface area contributed by atoms with E-state index in [0.29, 0.717) is 12.1 Å². The predicted molar refractivity (Wildman–Crippen MR) is 88.8 cm³/mol. The fraction of sp³-hybridized carbons (Fsp3) is 0.647. The molecule has 2 atom stereocenters. The van der Waals surface area contributed by atoms with Crippen molar-refractivity contribution in [3.63, 3.8) is 0 Å². The van der Waals surface area contributed by atoms with Gasteiger partial charge >= 0.3 is 0 Å². The molecule has 4 heteroatoms. The highest BCUT2D eigenvalue weighted by Gasteiger charge is 2.32. The van der Waals surface area contributed by atoms with Crippen LogP contribution in [-0.4, -0.2) is 32.4 Å². The van der Waals surface area contributed by atoms with E-state index in [-0.39, 0.29) is 0 Å². The van der Waals surface area contributed by atoms with Crippen molar-refractivity contribution >= 4 is 18.3 Å². The van der Waals surface area contributed by atoms with Gasteiger partial charge < -0.3 is 14.4 Å². The Kier molecular flexibility index (Phi) is 4.96. The van der Waals surface area contributed by atoms with Crippen molar-refractivity contribution in [2.24, 2.45) is 0 Å². The summed E-state index contributed by atoms with van der Waals surface area (Å²) in [6.45, 7) is 2.04. The monoisotopic (exact) mass is 307 g/mol.